The molecule has 1 aromatic carbocycles. The summed E-state index contributed by atoms with van der Waals surface area (Å²) in [4.78, 5) is 28.5. The first-order valence-electron chi connectivity index (χ1n) is 8.78. The van der Waals surface area contributed by atoms with Crippen LogP contribution in [-0.2, 0) is 9.59 Å². The van der Waals surface area contributed by atoms with Crippen LogP contribution in [0.25, 0.3) is 11.9 Å². The number of hydrogen-bond donors (Lipinski definition) is 2. The Morgan fingerprint density at radius 2 is 1.82 bits per heavy atom. The third-order valence-electron chi connectivity index (χ3n) is 3.90. The van der Waals surface area contributed by atoms with E-state index in [-0.39, 0.29) is 11.6 Å². The predicted molar refractivity (Wildman–Crippen MR) is 108 cm³/mol. The van der Waals surface area contributed by atoms with Crippen LogP contribution in [-0.4, -0.2) is 26.6 Å². The highest BCUT2D eigenvalue weighted by Gasteiger charge is 2.12. The van der Waals surface area contributed by atoms with Gasteiger partial charge in [0.2, 0.25) is 5.91 Å². The fraction of sp³-hybridized carbons (Fsp3) is 0.143. The number of nitrogens with one attached hydrogen (secondary N) is 2. The minimum absolute atomic E-state index is 0.154. The van der Waals surface area contributed by atoms with Gasteiger partial charge in [-0.3, -0.25) is 9.59 Å². The standard InChI is InChI=1S/C21H21N5O2/c1-14-11-15(2)26(25-14)20-10-9-18(13-22-20)24-21(28)19(23-16(3)27)12-17-7-5-4-6-8-17/h4-13H,1-3H3,(H,23,27)(H,24,28). The van der Waals surface area contributed by atoms with Crippen LogP contribution < -0.4 is 10.6 Å². The molecule has 3 rings (SSSR count). The first-order chi connectivity index (χ1) is 13.4. The van der Waals surface area contributed by atoms with E-state index in [0.29, 0.717) is 11.5 Å². The van der Waals surface area contributed by atoms with E-state index in [2.05, 4.69) is 20.7 Å². The van der Waals surface area contributed by atoms with Crippen molar-refractivity contribution in [1.82, 2.24) is 20.1 Å². The second-order valence-electron chi connectivity index (χ2n) is 6.35. The summed E-state index contributed by atoms with van der Waals surface area (Å²) in [6.07, 6.45) is 3.17. The maximum Gasteiger partial charge on any atom is 0.272 e. The van der Waals surface area contributed by atoms with Crippen LogP contribution in [0.3, 0.4) is 0 Å². The summed E-state index contributed by atoms with van der Waals surface area (Å²) < 4.78 is 1.74. The smallest absolute Gasteiger partial charge is 0.272 e. The van der Waals surface area contributed by atoms with E-state index in [0.717, 1.165) is 17.0 Å². The molecule has 0 aliphatic rings. The van der Waals surface area contributed by atoms with Gasteiger partial charge in [-0.1, -0.05) is 30.3 Å². The normalized spacial score (nSPS) is 11.2. The van der Waals surface area contributed by atoms with Gasteiger partial charge >= 0.3 is 0 Å². The van der Waals surface area contributed by atoms with Crippen molar-refractivity contribution >= 4 is 23.6 Å². The zero-order chi connectivity index (χ0) is 20.1. The summed E-state index contributed by atoms with van der Waals surface area (Å²) in [6, 6.07) is 14.8. The molecule has 0 aliphatic heterocycles. The number of rotatable bonds is 5. The van der Waals surface area contributed by atoms with E-state index < -0.39 is 5.91 Å². The predicted octanol–water partition coefficient (Wildman–Crippen LogP) is 3.00. The first-order valence-corrected chi connectivity index (χ1v) is 8.78. The number of anilines is 1. The SMILES string of the molecule is CC(=O)NC(=Cc1ccccc1)C(=O)Nc1ccc(-n2nc(C)cc2C)nc1. The van der Waals surface area contributed by atoms with Gasteiger partial charge in [0.1, 0.15) is 5.70 Å². The molecule has 2 heterocycles. The number of nitrogens with zero attached hydrogens (tertiary/aromatic N) is 3. The minimum atomic E-state index is -0.431. The zero-order valence-electron chi connectivity index (χ0n) is 15.9. The lowest BCUT2D eigenvalue weighted by Crippen LogP contribution is -2.29. The van der Waals surface area contributed by atoms with Crippen LogP contribution in [0.4, 0.5) is 5.69 Å². The van der Waals surface area contributed by atoms with Crippen molar-refractivity contribution in [2.45, 2.75) is 20.8 Å². The number of carbonyl (C=O) groups is 2. The van der Waals surface area contributed by atoms with E-state index in [4.69, 9.17) is 0 Å². The van der Waals surface area contributed by atoms with Gasteiger partial charge in [-0.2, -0.15) is 5.10 Å². The third-order valence-corrected chi connectivity index (χ3v) is 3.90. The second-order valence-corrected chi connectivity index (χ2v) is 6.35. The van der Waals surface area contributed by atoms with Crippen molar-refractivity contribution < 1.29 is 9.59 Å². The van der Waals surface area contributed by atoms with Gasteiger partial charge < -0.3 is 10.6 Å². The Morgan fingerprint density at radius 3 is 2.39 bits per heavy atom. The molecule has 0 fully saturated rings. The maximum atomic E-state index is 12.6. The van der Waals surface area contributed by atoms with Crippen LogP contribution in [0.1, 0.15) is 23.9 Å². The molecule has 7 nitrogen and oxygen atoms in total. The Balaban J connectivity index is 1.79. The molecule has 2 aromatic heterocycles. The number of aromatic nitrogens is 3. The molecular weight excluding hydrogens is 354 g/mol. The monoisotopic (exact) mass is 375 g/mol. The van der Waals surface area contributed by atoms with Gasteiger partial charge in [0.15, 0.2) is 5.82 Å². The number of benzene rings is 1. The summed E-state index contributed by atoms with van der Waals surface area (Å²) in [5.41, 5.74) is 3.35. The highest BCUT2D eigenvalue weighted by Crippen LogP contribution is 2.14. The largest absolute Gasteiger partial charge is 0.322 e. The van der Waals surface area contributed by atoms with Crippen LogP contribution in [0.5, 0.6) is 0 Å². The molecule has 0 atom stereocenters. The van der Waals surface area contributed by atoms with Crippen molar-refractivity contribution in [3.8, 4) is 5.82 Å². The molecule has 0 radical (unpaired) electrons. The highest BCUT2D eigenvalue weighted by molar-refractivity contribution is 6.08. The van der Waals surface area contributed by atoms with Gasteiger partial charge in [0.25, 0.3) is 5.91 Å². The second kappa shape index (κ2) is 8.30. The number of amides is 2. The molecule has 28 heavy (non-hydrogen) atoms. The Bertz CT molecular complexity index is 1020. The van der Waals surface area contributed by atoms with Crippen LogP contribution in [0, 0.1) is 13.8 Å². The summed E-state index contributed by atoms with van der Waals surface area (Å²) in [5, 5.41) is 9.71. The average molecular weight is 375 g/mol. The Morgan fingerprint density at radius 1 is 1.07 bits per heavy atom. The van der Waals surface area contributed by atoms with Gasteiger partial charge in [-0.15, -0.1) is 0 Å². The van der Waals surface area contributed by atoms with E-state index in [1.54, 1.807) is 29.1 Å². The molecule has 142 valence electrons. The van der Waals surface area contributed by atoms with Crippen molar-refractivity contribution in [1.29, 1.82) is 0 Å². The first kappa shape index (κ1) is 19.0. The molecule has 0 saturated carbocycles. The molecule has 0 unspecified atom stereocenters. The summed E-state index contributed by atoms with van der Waals surface area (Å²) in [5.74, 6) is -0.0967. The lowest BCUT2D eigenvalue weighted by molar-refractivity contribution is -0.120. The van der Waals surface area contributed by atoms with E-state index >= 15 is 0 Å². The van der Waals surface area contributed by atoms with Crippen LogP contribution in [0.2, 0.25) is 0 Å². The summed E-state index contributed by atoms with van der Waals surface area (Å²) in [6.45, 7) is 5.23. The van der Waals surface area contributed by atoms with Crippen molar-refractivity contribution in [2.75, 3.05) is 5.32 Å². The van der Waals surface area contributed by atoms with E-state index in [1.165, 1.54) is 6.92 Å². The average Bonchev–Trinajstić information content (AvgIpc) is 3.00. The molecular formula is C21H21N5O2. The maximum absolute atomic E-state index is 12.6. The van der Waals surface area contributed by atoms with Crippen LogP contribution >= 0.6 is 0 Å². The molecule has 2 amide bonds. The van der Waals surface area contributed by atoms with E-state index in [9.17, 15) is 9.59 Å². The molecule has 0 spiro atoms. The fourth-order valence-corrected chi connectivity index (χ4v) is 2.71. The van der Waals surface area contributed by atoms with Gasteiger partial charge in [-0.25, -0.2) is 9.67 Å². The molecule has 3 aromatic rings. The molecule has 2 N–H and O–H groups in total. The number of hydrogen-bond acceptors (Lipinski definition) is 4. The lowest BCUT2D eigenvalue weighted by Gasteiger charge is -2.10. The van der Waals surface area contributed by atoms with Crippen LogP contribution in [0.15, 0.2) is 60.4 Å². The summed E-state index contributed by atoms with van der Waals surface area (Å²) >= 11 is 0. The number of pyridine rings is 1. The molecule has 0 saturated heterocycles. The third kappa shape index (κ3) is 4.70. The Labute approximate surface area is 163 Å². The van der Waals surface area contributed by atoms with Gasteiger partial charge in [0.05, 0.1) is 17.6 Å². The lowest BCUT2D eigenvalue weighted by atomic mass is 10.2. The van der Waals surface area contributed by atoms with Crippen molar-refractivity contribution in [3.63, 3.8) is 0 Å². The summed E-state index contributed by atoms with van der Waals surface area (Å²) in [7, 11) is 0. The quantitative estimate of drug-likeness (QED) is 0.671. The van der Waals surface area contributed by atoms with Gasteiger partial charge in [-0.05, 0) is 43.7 Å². The van der Waals surface area contributed by atoms with Crippen molar-refractivity contribution in [2.24, 2.45) is 0 Å². The Hall–Kier alpha value is -3.74. The molecule has 0 aliphatic carbocycles. The Kier molecular flexibility index (Phi) is 5.64. The fourth-order valence-electron chi connectivity index (χ4n) is 2.71. The van der Waals surface area contributed by atoms with E-state index in [1.807, 2.05) is 50.2 Å². The van der Waals surface area contributed by atoms with Gasteiger partial charge in [0, 0.05) is 12.6 Å². The zero-order valence-corrected chi connectivity index (χ0v) is 15.9. The minimum Gasteiger partial charge on any atom is -0.322 e. The number of carbonyl (C=O) groups excluding carboxylic acids is 2. The molecule has 7 heteroatoms. The highest BCUT2D eigenvalue weighted by atomic mass is 16.2. The molecule has 0 bridgehead atoms. The topological polar surface area (TPSA) is 88.9 Å². The number of aryl methyl sites for hydroxylation is 2. The van der Waals surface area contributed by atoms with Crippen molar-refractivity contribution in [3.05, 3.63) is 77.4 Å².